The maximum Gasteiger partial charge on any atom is 0.244 e. The van der Waals surface area contributed by atoms with Crippen LogP contribution in [0, 0.1) is 24.2 Å². The van der Waals surface area contributed by atoms with Crippen LogP contribution in [0.25, 0.3) is 0 Å². The van der Waals surface area contributed by atoms with Crippen molar-refractivity contribution in [2.75, 3.05) is 0 Å². The van der Waals surface area contributed by atoms with Crippen molar-refractivity contribution < 1.29 is 29.4 Å². The largest absolute Gasteiger partial charge is 0.368 e. The molecule has 45 heavy (non-hydrogen) atoms. The standard InChI is InChI=1S/C33H46N6O6/c1-6-12-25(31(42)38-26(30(34)41)17-21(2)3)37-28(40)19-33(44,45)27(18-23-13-8-7-9-14-23)39-32(43)29(22(4)5)36-20-24-15-10-11-16-35-24/h1,7-11,13-16,21-22,25-27,29,36,44-45H,12,17-20H2,2-5H3,(H2,34,41)(H,37,40)(H,38,42)(H,39,43)/t25-,26-,27-,29-/m0/s1. The topological polar surface area (TPSA) is 196 Å². The number of amides is 4. The van der Waals surface area contributed by atoms with Crippen LogP contribution in [0.15, 0.2) is 54.7 Å². The van der Waals surface area contributed by atoms with Crippen LogP contribution in [0.2, 0.25) is 0 Å². The summed E-state index contributed by atoms with van der Waals surface area (Å²) in [6.07, 6.45) is 6.21. The Kier molecular flexibility index (Phi) is 14.6. The van der Waals surface area contributed by atoms with E-state index in [1.165, 1.54) is 0 Å². The Hall–Kier alpha value is -4.31. The third-order valence-corrected chi connectivity index (χ3v) is 7.10. The van der Waals surface area contributed by atoms with Gasteiger partial charge < -0.3 is 31.9 Å². The lowest BCUT2D eigenvalue weighted by Crippen LogP contribution is -2.60. The van der Waals surface area contributed by atoms with Crippen molar-refractivity contribution in [2.45, 2.75) is 89.9 Å². The Balaban J connectivity index is 2.22. The molecule has 1 aromatic heterocycles. The van der Waals surface area contributed by atoms with Gasteiger partial charge in [0.1, 0.15) is 12.1 Å². The average molecular weight is 623 g/mol. The number of hydrogen-bond donors (Lipinski definition) is 7. The summed E-state index contributed by atoms with van der Waals surface area (Å²) in [5, 5.41) is 33.3. The lowest BCUT2D eigenvalue weighted by atomic mass is 9.94. The van der Waals surface area contributed by atoms with Gasteiger partial charge in [-0.1, -0.05) is 64.1 Å². The number of aromatic nitrogens is 1. The monoisotopic (exact) mass is 622 g/mol. The molecule has 2 rings (SSSR count). The second-order valence-electron chi connectivity index (χ2n) is 11.9. The second kappa shape index (κ2) is 17.9. The molecule has 0 aliphatic carbocycles. The number of benzene rings is 1. The van der Waals surface area contributed by atoms with Crippen LogP contribution in [0.5, 0.6) is 0 Å². The molecule has 0 spiro atoms. The molecule has 0 saturated heterocycles. The minimum absolute atomic E-state index is 0.0122. The van der Waals surface area contributed by atoms with Crippen molar-refractivity contribution in [1.29, 1.82) is 0 Å². The van der Waals surface area contributed by atoms with Crippen molar-refractivity contribution in [3.8, 4) is 12.3 Å². The molecule has 0 aliphatic heterocycles. The highest BCUT2D eigenvalue weighted by molar-refractivity contribution is 5.92. The number of carbonyl (C=O) groups excluding carboxylic acids is 4. The van der Waals surface area contributed by atoms with Crippen molar-refractivity contribution in [1.82, 2.24) is 26.3 Å². The van der Waals surface area contributed by atoms with E-state index in [1.54, 1.807) is 42.6 Å². The molecule has 8 N–H and O–H groups in total. The maximum absolute atomic E-state index is 13.5. The Morgan fingerprint density at radius 3 is 2.16 bits per heavy atom. The van der Waals surface area contributed by atoms with Gasteiger partial charge in [0, 0.05) is 19.2 Å². The molecule has 0 radical (unpaired) electrons. The first-order valence-electron chi connectivity index (χ1n) is 15.0. The van der Waals surface area contributed by atoms with Crippen LogP contribution in [0.4, 0.5) is 0 Å². The summed E-state index contributed by atoms with van der Waals surface area (Å²) >= 11 is 0. The van der Waals surface area contributed by atoms with Crippen molar-refractivity contribution >= 4 is 23.6 Å². The Bertz CT molecular complexity index is 1300. The van der Waals surface area contributed by atoms with Gasteiger partial charge in [-0.2, -0.15) is 0 Å². The van der Waals surface area contributed by atoms with E-state index in [1.807, 2.05) is 39.8 Å². The summed E-state index contributed by atoms with van der Waals surface area (Å²) in [5.74, 6) is -3.44. The molecule has 0 unspecified atom stereocenters. The highest BCUT2D eigenvalue weighted by Gasteiger charge is 2.40. The Morgan fingerprint density at radius 1 is 0.933 bits per heavy atom. The number of hydrogen-bond acceptors (Lipinski definition) is 8. The molecule has 0 fully saturated rings. The van der Waals surface area contributed by atoms with Gasteiger partial charge >= 0.3 is 0 Å². The summed E-state index contributed by atoms with van der Waals surface area (Å²) in [5.41, 5.74) is 6.84. The van der Waals surface area contributed by atoms with Crippen LogP contribution in [-0.2, 0) is 32.1 Å². The van der Waals surface area contributed by atoms with Gasteiger partial charge in [-0.15, -0.1) is 12.3 Å². The molecule has 1 aromatic carbocycles. The molecule has 244 valence electrons. The third-order valence-electron chi connectivity index (χ3n) is 7.10. The zero-order chi connectivity index (χ0) is 33.6. The van der Waals surface area contributed by atoms with E-state index >= 15 is 0 Å². The summed E-state index contributed by atoms with van der Waals surface area (Å²) in [7, 11) is 0. The fraction of sp³-hybridized carbons (Fsp3) is 0.485. The van der Waals surface area contributed by atoms with Gasteiger partial charge in [-0.3, -0.25) is 29.5 Å². The summed E-state index contributed by atoms with van der Waals surface area (Å²) < 4.78 is 0. The van der Waals surface area contributed by atoms with Crippen molar-refractivity contribution in [3.05, 3.63) is 66.0 Å². The highest BCUT2D eigenvalue weighted by Crippen LogP contribution is 2.19. The molecule has 4 amide bonds. The predicted octanol–water partition coefficient (Wildman–Crippen LogP) is 0.519. The first kappa shape index (κ1) is 36.9. The minimum Gasteiger partial charge on any atom is -0.368 e. The van der Waals surface area contributed by atoms with Gasteiger partial charge in [0.15, 0.2) is 5.79 Å². The number of nitrogens with two attached hydrogens (primary N) is 1. The zero-order valence-corrected chi connectivity index (χ0v) is 26.3. The van der Waals surface area contributed by atoms with Crippen molar-refractivity contribution in [2.24, 2.45) is 17.6 Å². The lowest BCUT2D eigenvalue weighted by Gasteiger charge is -2.34. The summed E-state index contributed by atoms with van der Waals surface area (Å²) in [6, 6.07) is 10.0. The quantitative estimate of drug-likeness (QED) is 0.0923. The molecule has 0 saturated carbocycles. The third kappa shape index (κ3) is 12.7. The lowest BCUT2D eigenvalue weighted by molar-refractivity contribution is -0.192. The maximum atomic E-state index is 13.5. The Labute approximate surface area is 265 Å². The number of carbonyl (C=O) groups is 4. The first-order valence-corrected chi connectivity index (χ1v) is 15.0. The molecule has 0 bridgehead atoms. The number of nitrogens with one attached hydrogen (secondary N) is 4. The highest BCUT2D eigenvalue weighted by atomic mass is 16.5. The number of rotatable bonds is 18. The Morgan fingerprint density at radius 2 is 1.60 bits per heavy atom. The fourth-order valence-electron chi connectivity index (χ4n) is 4.71. The predicted molar refractivity (Wildman–Crippen MR) is 170 cm³/mol. The molecule has 4 atom stereocenters. The summed E-state index contributed by atoms with van der Waals surface area (Å²) in [4.78, 5) is 55.6. The van der Waals surface area contributed by atoms with E-state index in [9.17, 15) is 29.4 Å². The molecule has 1 heterocycles. The number of aliphatic hydroxyl groups is 2. The van der Waals surface area contributed by atoms with Crippen molar-refractivity contribution in [3.63, 3.8) is 0 Å². The zero-order valence-electron chi connectivity index (χ0n) is 26.3. The van der Waals surface area contributed by atoms with Gasteiger partial charge in [-0.05, 0) is 42.4 Å². The van der Waals surface area contributed by atoms with E-state index < -0.39 is 60.0 Å². The van der Waals surface area contributed by atoms with Crippen LogP contribution in [0.3, 0.4) is 0 Å². The van der Waals surface area contributed by atoms with Crippen LogP contribution < -0.4 is 27.0 Å². The van der Waals surface area contributed by atoms with E-state index in [0.717, 1.165) is 5.69 Å². The molecule has 12 heteroatoms. The fourth-order valence-corrected chi connectivity index (χ4v) is 4.71. The first-order chi connectivity index (χ1) is 21.2. The van der Waals surface area contributed by atoms with Crippen LogP contribution >= 0.6 is 0 Å². The molecule has 12 nitrogen and oxygen atoms in total. The number of terminal acetylenes is 1. The van der Waals surface area contributed by atoms with E-state index in [-0.39, 0.29) is 31.1 Å². The number of pyridine rings is 1. The molecular weight excluding hydrogens is 576 g/mol. The normalized spacial score (nSPS) is 14.1. The van der Waals surface area contributed by atoms with Crippen LogP contribution in [0.1, 0.15) is 58.2 Å². The van der Waals surface area contributed by atoms with Crippen LogP contribution in [-0.4, -0.2) is 68.8 Å². The minimum atomic E-state index is -2.73. The van der Waals surface area contributed by atoms with E-state index in [2.05, 4.69) is 32.2 Å². The number of nitrogens with zero attached hydrogens (tertiary/aromatic N) is 1. The molecule has 0 aliphatic rings. The van der Waals surface area contributed by atoms with Gasteiger partial charge in [0.05, 0.1) is 24.2 Å². The smallest absolute Gasteiger partial charge is 0.244 e. The van der Waals surface area contributed by atoms with E-state index in [4.69, 9.17) is 12.2 Å². The average Bonchev–Trinajstić information content (AvgIpc) is 2.96. The van der Waals surface area contributed by atoms with Gasteiger partial charge in [0.2, 0.25) is 23.6 Å². The SMILES string of the molecule is C#CC[C@H](NC(=O)CC(O)(O)[C@H](Cc1ccccc1)NC(=O)[C@@H](NCc1ccccn1)C(C)C)C(=O)N[C@@H](CC(C)C)C(N)=O. The van der Waals surface area contributed by atoms with Gasteiger partial charge in [0.25, 0.3) is 0 Å². The molecular formula is C33H46N6O6. The molecule has 2 aromatic rings. The number of primary amides is 1. The van der Waals surface area contributed by atoms with E-state index in [0.29, 0.717) is 12.1 Å². The summed E-state index contributed by atoms with van der Waals surface area (Å²) in [6.45, 7) is 7.71. The van der Waals surface area contributed by atoms with Gasteiger partial charge in [-0.25, -0.2) is 0 Å². The second-order valence-corrected chi connectivity index (χ2v) is 11.9.